The molecule has 136 valence electrons. The summed E-state index contributed by atoms with van der Waals surface area (Å²) >= 11 is 1.40. The molecule has 0 aliphatic heterocycles. The first-order chi connectivity index (χ1) is 13.0. The van der Waals surface area contributed by atoms with Crippen molar-refractivity contribution in [1.29, 1.82) is 0 Å². The van der Waals surface area contributed by atoms with Crippen LogP contribution in [-0.2, 0) is 0 Å². The van der Waals surface area contributed by atoms with Crippen LogP contribution in [0.2, 0.25) is 0 Å². The molecular formula is C21H19N3O2S. The molecule has 3 rings (SSSR count). The number of hydrogen-bond acceptors (Lipinski definition) is 4. The van der Waals surface area contributed by atoms with Gasteiger partial charge in [-0.2, -0.15) is 5.10 Å². The Labute approximate surface area is 161 Å². The zero-order valence-corrected chi connectivity index (χ0v) is 15.8. The van der Waals surface area contributed by atoms with Crippen LogP contribution in [0, 0.1) is 6.92 Å². The molecule has 0 spiro atoms. The van der Waals surface area contributed by atoms with E-state index in [1.807, 2.05) is 67.8 Å². The van der Waals surface area contributed by atoms with Crippen LogP contribution in [0.25, 0.3) is 0 Å². The molecule has 1 heterocycles. The minimum atomic E-state index is -0.243. The van der Waals surface area contributed by atoms with Crippen LogP contribution in [-0.4, -0.2) is 17.5 Å². The Morgan fingerprint density at radius 3 is 2.33 bits per heavy atom. The van der Waals surface area contributed by atoms with Crippen LogP contribution in [0.3, 0.4) is 0 Å². The van der Waals surface area contributed by atoms with Crippen molar-refractivity contribution in [3.05, 3.63) is 87.6 Å². The summed E-state index contributed by atoms with van der Waals surface area (Å²) in [5.74, 6) is -0.374. The highest BCUT2D eigenvalue weighted by Gasteiger charge is 2.09. The lowest BCUT2D eigenvalue weighted by molar-refractivity contribution is 0.0953. The van der Waals surface area contributed by atoms with Crippen LogP contribution in [0.4, 0.5) is 5.69 Å². The molecule has 0 atom stereocenters. The van der Waals surface area contributed by atoms with E-state index in [2.05, 4.69) is 15.8 Å². The quantitative estimate of drug-likeness (QED) is 0.509. The van der Waals surface area contributed by atoms with Crippen molar-refractivity contribution in [2.45, 2.75) is 13.8 Å². The maximum Gasteiger partial charge on any atom is 0.271 e. The topological polar surface area (TPSA) is 70.6 Å². The smallest absolute Gasteiger partial charge is 0.271 e. The van der Waals surface area contributed by atoms with E-state index in [0.717, 1.165) is 11.1 Å². The molecule has 27 heavy (non-hydrogen) atoms. The van der Waals surface area contributed by atoms with Crippen molar-refractivity contribution in [3.63, 3.8) is 0 Å². The molecule has 3 aromatic rings. The fraction of sp³-hybridized carbons (Fsp3) is 0.0952. The van der Waals surface area contributed by atoms with Gasteiger partial charge in [-0.3, -0.25) is 9.59 Å². The number of hydrazone groups is 1. The predicted molar refractivity (Wildman–Crippen MR) is 110 cm³/mol. The molecular weight excluding hydrogens is 358 g/mol. The molecule has 0 bridgehead atoms. The summed E-state index contributed by atoms with van der Waals surface area (Å²) in [4.78, 5) is 24.9. The number of carbonyl (C=O) groups is 2. The van der Waals surface area contributed by atoms with Gasteiger partial charge in [-0.1, -0.05) is 36.4 Å². The number of amides is 2. The van der Waals surface area contributed by atoms with Gasteiger partial charge < -0.3 is 5.32 Å². The fourth-order valence-electron chi connectivity index (χ4n) is 2.48. The molecule has 0 radical (unpaired) electrons. The van der Waals surface area contributed by atoms with Crippen LogP contribution in [0.15, 0.2) is 71.1 Å². The summed E-state index contributed by atoms with van der Waals surface area (Å²) in [6, 6.07) is 18.3. The highest BCUT2D eigenvalue weighted by atomic mass is 32.1. The summed E-state index contributed by atoms with van der Waals surface area (Å²) in [6.07, 6.45) is 0. The Bertz CT molecular complexity index is 977. The van der Waals surface area contributed by atoms with Crippen molar-refractivity contribution < 1.29 is 9.59 Å². The number of rotatable bonds is 5. The monoisotopic (exact) mass is 377 g/mol. The summed E-state index contributed by atoms with van der Waals surface area (Å²) in [5.41, 5.74) is 6.31. The maximum absolute atomic E-state index is 12.2. The maximum atomic E-state index is 12.2. The van der Waals surface area contributed by atoms with Gasteiger partial charge in [0.1, 0.15) is 0 Å². The Kier molecular flexibility index (Phi) is 5.78. The molecule has 0 saturated carbocycles. The van der Waals surface area contributed by atoms with Crippen LogP contribution < -0.4 is 10.7 Å². The van der Waals surface area contributed by atoms with Gasteiger partial charge in [0.2, 0.25) is 0 Å². The first-order valence-electron chi connectivity index (χ1n) is 8.40. The van der Waals surface area contributed by atoms with Crippen molar-refractivity contribution in [2.75, 3.05) is 5.32 Å². The van der Waals surface area contributed by atoms with Gasteiger partial charge in [-0.15, -0.1) is 11.3 Å². The first-order valence-corrected chi connectivity index (χ1v) is 9.28. The molecule has 0 saturated heterocycles. The molecule has 2 aromatic carbocycles. The number of benzene rings is 2. The second-order valence-corrected chi connectivity index (χ2v) is 6.91. The average molecular weight is 377 g/mol. The van der Waals surface area contributed by atoms with Gasteiger partial charge in [-0.25, -0.2) is 5.43 Å². The second kappa shape index (κ2) is 8.42. The molecule has 0 aliphatic rings. The number of anilines is 1. The van der Waals surface area contributed by atoms with Crippen molar-refractivity contribution >= 4 is 34.6 Å². The summed E-state index contributed by atoms with van der Waals surface area (Å²) < 4.78 is 0. The van der Waals surface area contributed by atoms with E-state index in [9.17, 15) is 9.59 Å². The number of nitrogens with one attached hydrogen (secondary N) is 2. The van der Waals surface area contributed by atoms with E-state index < -0.39 is 0 Å². The number of thiophene rings is 1. The molecule has 2 amide bonds. The third-order valence-electron chi connectivity index (χ3n) is 4.02. The Balaban J connectivity index is 1.64. The number of carbonyl (C=O) groups excluding carboxylic acids is 2. The SMILES string of the molecule is CC(=NNC(=O)c1ccccc1C)c1ccc(NC(=O)c2cccs2)cc1. The number of aryl methyl sites for hydroxylation is 1. The second-order valence-electron chi connectivity index (χ2n) is 5.96. The Hall–Kier alpha value is -3.25. The van der Waals surface area contributed by atoms with E-state index in [1.54, 1.807) is 12.1 Å². The standard InChI is InChI=1S/C21H19N3O2S/c1-14-6-3-4-7-18(14)20(25)24-23-15(2)16-9-11-17(12-10-16)22-21(26)19-8-5-13-27-19/h3-13H,1-2H3,(H,22,26)(H,24,25). The highest BCUT2D eigenvalue weighted by Crippen LogP contribution is 2.15. The van der Waals surface area contributed by atoms with Crippen LogP contribution >= 0.6 is 11.3 Å². The molecule has 6 heteroatoms. The number of nitrogens with zero attached hydrogens (tertiary/aromatic N) is 1. The number of hydrogen-bond donors (Lipinski definition) is 2. The van der Waals surface area contributed by atoms with E-state index in [4.69, 9.17) is 0 Å². The van der Waals surface area contributed by atoms with Crippen molar-refractivity contribution in [2.24, 2.45) is 5.10 Å². The van der Waals surface area contributed by atoms with Crippen molar-refractivity contribution in [1.82, 2.24) is 5.43 Å². The molecule has 0 fully saturated rings. The lowest BCUT2D eigenvalue weighted by Crippen LogP contribution is -2.20. The zero-order valence-electron chi connectivity index (χ0n) is 15.0. The Morgan fingerprint density at radius 2 is 1.67 bits per heavy atom. The van der Waals surface area contributed by atoms with Gasteiger partial charge in [0, 0.05) is 11.3 Å². The minimum absolute atomic E-state index is 0.131. The van der Waals surface area contributed by atoms with Crippen LogP contribution in [0.5, 0.6) is 0 Å². The molecule has 5 nitrogen and oxygen atoms in total. The van der Waals surface area contributed by atoms with E-state index in [1.165, 1.54) is 11.3 Å². The third-order valence-corrected chi connectivity index (χ3v) is 4.89. The molecule has 1 aromatic heterocycles. The van der Waals surface area contributed by atoms with Gasteiger partial charge in [0.25, 0.3) is 11.8 Å². The first kappa shape index (κ1) is 18.5. The lowest BCUT2D eigenvalue weighted by atomic mass is 10.1. The summed E-state index contributed by atoms with van der Waals surface area (Å²) in [5, 5.41) is 8.89. The third kappa shape index (κ3) is 4.68. The minimum Gasteiger partial charge on any atom is -0.321 e. The van der Waals surface area contributed by atoms with E-state index in [-0.39, 0.29) is 11.8 Å². The molecule has 0 unspecified atom stereocenters. The Morgan fingerprint density at radius 1 is 0.926 bits per heavy atom. The summed E-state index contributed by atoms with van der Waals surface area (Å²) in [6.45, 7) is 3.70. The largest absolute Gasteiger partial charge is 0.321 e. The van der Waals surface area contributed by atoms with Gasteiger partial charge in [-0.05, 0) is 54.6 Å². The summed E-state index contributed by atoms with van der Waals surface area (Å²) in [7, 11) is 0. The van der Waals surface area contributed by atoms with Gasteiger partial charge in [0.15, 0.2) is 0 Å². The van der Waals surface area contributed by atoms with Gasteiger partial charge >= 0.3 is 0 Å². The fourth-order valence-corrected chi connectivity index (χ4v) is 3.10. The normalized spacial score (nSPS) is 11.1. The predicted octanol–water partition coefficient (Wildman–Crippen LogP) is 4.46. The van der Waals surface area contributed by atoms with Crippen molar-refractivity contribution in [3.8, 4) is 0 Å². The van der Waals surface area contributed by atoms with E-state index >= 15 is 0 Å². The molecule has 0 aliphatic carbocycles. The lowest BCUT2D eigenvalue weighted by Gasteiger charge is -2.07. The van der Waals surface area contributed by atoms with Crippen LogP contribution in [0.1, 0.15) is 38.1 Å². The molecule has 2 N–H and O–H groups in total. The van der Waals surface area contributed by atoms with Gasteiger partial charge in [0.05, 0.1) is 10.6 Å². The zero-order chi connectivity index (χ0) is 19.2. The van der Waals surface area contributed by atoms with E-state index in [0.29, 0.717) is 21.8 Å². The average Bonchev–Trinajstić information content (AvgIpc) is 3.22. The highest BCUT2D eigenvalue weighted by molar-refractivity contribution is 7.12.